The first-order valence-corrected chi connectivity index (χ1v) is 8.17. The minimum atomic E-state index is -0.563. The quantitative estimate of drug-likeness (QED) is 0.678. The van der Waals surface area contributed by atoms with Crippen molar-refractivity contribution in [2.24, 2.45) is 0 Å². The molecule has 0 radical (unpaired) electrons. The maximum atomic E-state index is 9.86. The molecule has 1 fully saturated rings. The average molecular weight is 412 g/mol. The molecule has 0 amide bonds. The number of rotatable bonds is 7. The van der Waals surface area contributed by atoms with Gasteiger partial charge in [0.25, 0.3) is 0 Å². The Balaban J connectivity index is 1.65. The Hall–Kier alpha value is -0.0800. The van der Waals surface area contributed by atoms with Crippen LogP contribution in [0.1, 0.15) is 12.8 Å². The number of benzene rings is 1. The Morgan fingerprint density at radius 2 is 2.40 bits per heavy atom. The van der Waals surface area contributed by atoms with Gasteiger partial charge < -0.3 is 19.9 Å². The van der Waals surface area contributed by atoms with Gasteiger partial charge in [-0.1, -0.05) is 11.6 Å². The highest BCUT2D eigenvalue weighted by Crippen LogP contribution is 2.23. The van der Waals surface area contributed by atoms with Crippen LogP contribution in [0.4, 0.5) is 5.69 Å². The van der Waals surface area contributed by atoms with Gasteiger partial charge in [0.1, 0.15) is 0 Å². The van der Waals surface area contributed by atoms with E-state index in [0.29, 0.717) is 24.8 Å². The van der Waals surface area contributed by atoms with E-state index in [2.05, 4.69) is 27.9 Å². The molecule has 1 aromatic rings. The molecule has 2 unspecified atom stereocenters. The first-order chi connectivity index (χ1) is 9.65. The molecule has 0 bridgehead atoms. The zero-order valence-electron chi connectivity index (χ0n) is 11.1. The number of nitrogens with one attached hydrogen (secondary N) is 1. The number of hydrogen-bond acceptors (Lipinski definition) is 4. The minimum absolute atomic E-state index is 0.195. The van der Waals surface area contributed by atoms with E-state index >= 15 is 0 Å². The predicted octanol–water partition coefficient (Wildman–Crippen LogP) is 2.91. The monoisotopic (exact) mass is 411 g/mol. The van der Waals surface area contributed by atoms with Crippen LogP contribution in [-0.4, -0.2) is 43.7 Å². The van der Waals surface area contributed by atoms with Crippen LogP contribution < -0.4 is 5.32 Å². The van der Waals surface area contributed by atoms with Crippen molar-refractivity contribution < 1.29 is 14.6 Å². The third-order valence-corrected chi connectivity index (χ3v) is 4.08. The predicted molar refractivity (Wildman–Crippen MR) is 88.5 cm³/mol. The molecular weight excluding hydrogens is 393 g/mol. The Bertz CT molecular complexity index is 427. The minimum Gasteiger partial charge on any atom is -0.389 e. The number of hydrogen-bond donors (Lipinski definition) is 2. The van der Waals surface area contributed by atoms with Crippen LogP contribution in [0, 0.1) is 3.57 Å². The maximum absolute atomic E-state index is 9.86. The molecule has 4 nitrogen and oxygen atoms in total. The SMILES string of the molecule is OC(CNc1ccc(I)cc1Cl)COCC1CCCO1. The fraction of sp³-hybridized carbons (Fsp3) is 0.571. The topological polar surface area (TPSA) is 50.7 Å². The van der Waals surface area contributed by atoms with Crippen LogP contribution in [0.15, 0.2) is 18.2 Å². The summed E-state index contributed by atoms with van der Waals surface area (Å²) in [5.41, 5.74) is 0.824. The van der Waals surface area contributed by atoms with Gasteiger partial charge in [-0.25, -0.2) is 0 Å². The Labute approximate surface area is 137 Å². The highest BCUT2D eigenvalue weighted by Gasteiger charge is 2.16. The standard InChI is InChI=1S/C14H19ClINO3/c15-13-6-10(16)3-4-14(13)17-7-11(18)8-19-9-12-2-1-5-20-12/h3-4,6,11-12,17-18H,1-2,5,7-9H2. The summed E-state index contributed by atoms with van der Waals surface area (Å²) in [6.07, 6.45) is 1.78. The number of halogens is 2. The van der Waals surface area contributed by atoms with Gasteiger partial charge >= 0.3 is 0 Å². The highest BCUT2D eigenvalue weighted by molar-refractivity contribution is 14.1. The van der Waals surface area contributed by atoms with E-state index in [-0.39, 0.29) is 6.10 Å². The van der Waals surface area contributed by atoms with Crippen molar-refractivity contribution in [3.63, 3.8) is 0 Å². The first-order valence-electron chi connectivity index (χ1n) is 6.71. The van der Waals surface area contributed by atoms with Gasteiger partial charge in [0.2, 0.25) is 0 Å². The molecule has 1 aliphatic heterocycles. The van der Waals surface area contributed by atoms with E-state index < -0.39 is 6.10 Å². The molecular formula is C14H19ClINO3. The lowest BCUT2D eigenvalue weighted by Crippen LogP contribution is -2.27. The molecule has 6 heteroatoms. The molecule has 0 aliphatic carbocycles. The van der Waals surface area contributed by atoms with Crippen LogP contribution in [-0.2, 0) is 9.47 Å². The summed E-state index contributed by atoms with van der Waals surface area (Å²) in [4.78, 5) is 0. The summed E-state index contributed by atoms with van der Waals surface area (Å²) >= 11 is 8.31. The number of anilines is 1. The van der Waals surface area contributed by atoms with E-state index in [1.165, 1.54) is 0 Å². The van der Waals surface area contributed by atoms with Gasteiger partial charge in [-0.3, -0.25) is 0 Å². The van der Waals surface area contributed by atoms with Gasteiger partial charge in [-0.05, 0) is 53.6 Å². The Morgan fingerprint density at radius 1 is 1.55 bits per heavy atom. The van der Waals surface area contributed by atoms with E-state index in [1.807, 2.05) is 18.2 Å². The molecule has 1 aromatic carbocycles. The van der Waals surface area contributed by atoms with Crippen molar-refractivity contribution in [2.75, 3.05) is 31.7 Å². The van der Waals surface area contributed by atoms with E-state index in [1.54, 1.807) is 0 Å². The fourth-order valence-electron chi connectivity index (χ4n) is 2.03. The number of aliphatic hydroxyl groups is 1. The second kappa shape index (κ2) is 8.38. The lowest BCUT2D eigenvalue weighted by molar-refractivity contribution is -0.0137. The number of aliphatic hydroxyl groups excluding tert-OH is 1. The molecule has 1 heterocycles. The van der Waals surface area contributed by atoms with Crippen LogP contribution in [0.3, 0.4) is 0 Å². The lowest BCUT2D eigenvalue weighted by atomic mass is 10.2. The van der Waals surface area contributed by atoms with E-state index in [9.17, 15) is 5.11 Å². The van der Waals surface area contributed by atoms with Gasteiger partial charge in [-0.15, -0.1) is 0 Å². The zero-order chi connectivity index (χ0) is 14.4. The smallest absolute Gasteiger partial charge is 0.0945 e. The summed E-state index contributed by atoms with van der Waals surface area (Å²) in [5, 5.41) is 13.6. The summed E-state index contributed by atoms with van der Waals surface area (Å²) in [5.74, 6) is 0. The highest BCUT2D eigenvalue weighted by atomic mass is 127. The second-order valence-corrected chi connectivity index (χ2v) is 6.48. The molecule has 112 valence electrons. The summed E-state index contributed by atoms with van der Waals surface area (Å²) in [7, 11) is 0. The molecule has 20 heavy (non-hydrogen) atoms. The first kappa shape index (κ1) is 16.3. The Kier molecular flexibility index (Phi) is 6.83. The van der Waals surface area contributed by atoms with Crippen molar-refractivity contribution in [1.82, 2.24) is 0 Å². The maximum Gasteiger partial charge on any atom is 0.0945 e. The third-order valence-electron chi connectivity index (χ3n) is 3.10. The normalized spacial score (nSPS) is 20.1. The molecule has 2 rings (SSSR count). The van der Waals surface area contributed by atoms with Crippen molar-refractivity contribution in [2.45, 2.75) is 25.0 Å². The molecule has 2 atom stereocenters. The molecule has 0 aromatic heterocycles. The molecule has 1 saturated heterocycles. The van der Waals surface area contributed by atoms with E-state index in [4.69, 9.17) is 21.1 Å². The lowest BCUT2D eigenvalue weighted by Gasteiger charge is -2.15. The van der Waals surface area contributed by atoms with Crippen LogP contribution in [0.25, 0.3) is 0 Å². The fourth-order valence-corrected chi connectivity index (χ4v) is 2.95. The zero-order valence-corrected chi connectivity index (χ0v) is 14.1. The van der Waals surface area contributed by atoms with Crippen molar-refractivity contribution in [3.8, 4) is 0 Å². The third kappa shape index (κ3) is 5.37. The molecule has 1 aliphatic rings. The van der Waals surface area contributed by atoms with Gasteiger partial charge in [0, 0.05) is 16.7 Å². The van der Waals surface area contributed by atoms with Gasteiger partial charge in [-0.2, -0.15) is 0 Å². The van der Waals surface area contributed by atoms with Crippen LogP contribution in [0.5, 0.6) is 0 Å². The summed E-state index contributed by atoms with van der Waals surface area (Å²) in [6.45, 7) is 2.09. The van der Waals surface area contributed by atoms with Crippen molar-refractivity contribution in [1.29, 1.82) is 0 Å². The molecule has 2 N–H and O–H groups in total. The van der Waals surface area contributed by atoms with Crippen molar-refractivity contribution >= 4 is 39.9 Å². The number of ether oxygens (including phenoxy) is 2. The van der Waals surface area contributed by atoms with Crippen LogP contribution >= 0.6 is 34.2 Å². The second-order valence-electron chi connectivity index (χ2n) is 4.83. The van der Waals surface area contributed by atoms with Crippen LogP contribution in [0.2, 0.25) is 5.02 Å². The van der Waals surface area contributed by atoms with E-state index in [0.717, 1.165) is 28.7 Å². The van der Waals surface area contributed by atoms with Gasteiger partial charge in [0.15, 0.2) is 0 Å². The average Bonchev–Trinajstić information content (AvgIpc) is 2.91. The van der Waals surface area contributed by atoms with Gasteiger partial charge in [0.05, 0.1) is 36.1 Å². The largest absolute Gasteiger partial charge is 0.389 e. The summed E-state index contributed by atoms with van der Waals surface area (Å²) < 4.78 is 12.0. The summed E-state index contributed by atoms with van der Waals surface area (Å²) in [6, 6.07) is 5.75. The Morgan fingerprint density at radius 3 is 3.10 bits per heavy atom. The van der Waals surface area contributed by atoms with Crippen molar-refractivity contribution in [3.05, 3.63) is 26.8 Å². The molecule has 0 saturated carbocycles. The molecule has 0 spiro atoms.